The second kappa shape index (κ2) is 16.9. The van der Waals surface area contributed by atoms with Crippen LogP contribution < -0.4 is 15.0 Å². The third kappa shape index (κ3) is 10.0. The highest BCUT2D eigenvalue weighted by Gasteiger charge is 2.13. The monoisotopic (exact) mass is 592 g/mol. The molecule has 0 aromatic heterocycles. The van der Waals surface area contributed by atoms with Crippen molar-refractivity contribution in [2.45, 2.75) is 65.3 Å². The number of carboxylic acid groups (broad SMARTS) is 1. The Morgan fingerprint density at radius 2 is 1.30 bits per heavy atom. The van der Waals surface area contributed by atoms with Crippen LogP contribution >= 0.6 is 0 Å². The number of hydrogen-bond acceptors (Lipinski definition) is 4. The van der Waals surface area contributed by atoms with Crippen molar-refractivity contribution in [1.29, 1.82) is 0 Å². The molecular weight excluding hydrogens is 548 g/mol. The molecule has 6 heteroatoms. The van der Waals surface area contributed by atoms with Crippen molar-refractivity contribution >= 4 is 23.3 Å². The number of para-hydroxylation sites is 2. The Balaban J connectivity index is 1.45. The van der Waals surface area contributed by atoms with Crippen LogP contribution in [0.4, 0.5) is 11.4 Å². The summed E-state index contributed by atoms with van der Waals surface area (Å²) < 4.78 is 5.75. The molecule has 2 N–H and O–H groups in total. The Morgan fingerprint density at radius 3 is 1.89 bits per heavy atom. The lowest BCUT2D eigenvalue weighted by Gasteiger charge is -2.26. The summed E-state index contributed by atoms with van der Waals surface area (Å²) in [7, 11) is 0. The molecule has 0 spiro atoms. The smallest absolute Gasteiger partial charge is 0.303 e. The molecule has 0 heterocycles. The zero-order valence-corrected chi connectivity index (χ0v) is 25.9. The first kappa shape index (κ1) is 32.3. The number of carbonyl (C=O) groups excluding carboxylic acids is 1. The average Bonchev–Trinajstić information content (AvgIpc) is 3.04. The first-order valence-corrected chi connectivity index (χ1v) is 15.7. The molecule has 0 aliphatic heterocycles. The topological polar surface area (TPSA) is 78.9 Å². The summed E-state index contributed by atoms with van der Waals surface area (Å²) in [5, 5.41) is 11.8. The Hall–Kier alpha value is -4.58. The van der Waals surface area contributed by atoms with Crippen molar-refractivity contribution in [2.24, 2.45) is 0 Å². The van der Waals surface area contributed by atoms with Crippen LogP contribution in [0.15, 0.2) is 97.1 Å². The minimum Gasteiger partial charge on any atom is -0.491 e. The van der Waals surface area contributed by atoms with E-state index >= 15 is 0 Å². The van der Waals surface area contributed by atoms with Gasteiger partial charge in [0.1, 0.15) is 5.75 Å². The minimum atomic E-state index is -0.858. The second-order valence-corrected chi connectivity index (χ2v) is 11.1. The van der Waals surface area contributed by atoms with Crippen molar-refractivity contribution in [1.82, 2.24) is 0 Å². The normalized spacial score (nSPS) is 10.8. The number of nitrogens with zero attached hydrogens (tertiary/aromatic N) is 1. The van der Waals surface area contributed by atoms with Crippen LogP contribution in [0.3, 0.4) is 0 Å². The van der Waals surface area contributed by atoms with Crippen LogP contribution in [0.5, 0.6) is 5.75 Å². The molecule has 4 aromatic carbocycles. The van der Waals surface area contributed by atoms with Crippen LogP contribution in [-0.4, -0.2) is 30.1 Å². The summed E-state index contributed by atoms with van der Waals surface area (Å²) in [5.41, 5.74) is 7.46. The predicted molar refractivity (Wildman–Crippen MR) is 179 cm³/mol. The molecule has 0 bridgehead atoms. The lowest BCUT2D eigenvalue weighted by Crippen LogP contribution is -2.25. The van der Waals surface area contributed by atoms with E-state index in [-0.39, 0.29) is 18.9 Å². The van der Waals surface area contributed by atoms with Gasteiger partial charge in [-0.2, -0.15) is 0 Å². The Morgan fingerprint density at radius 1 is 0.727 bits per heavy atom. The van der Waals surface area contributed by atoms with Gasteiger partial charge < -0.3 is 20.1 Å². The molecule has 0 saturated heterocycles. The van der Waals surface area contributed by atoms with Crippen LogP contribution in [0.25, 0.3) is 0 Å². The number of amides is 1. The number of carbonyl (C=O) groups is 2. The number of carboxylic acids is 1. The fourth-order valence-corrected chi connectivity index (χ4v) is 5.16. The van der Waals surface area contributed by atoms with Gasteiger partial charge in [0, 0.05) is 30.8 Å². The van der Waals surface area contributed by atoms with Gasteiger partial charge in [-0.3, -0.25) is 9.59 Å². The van der Waals surface area contributed by atoms with E-state index in [1.807, 2.05) is 36.4 Å². The highest BCUT2D eigenvalue weighted by molar-refractivity contribution is 6.05. The van der Waals surface area contributed by atoms with Gasteiger partial charge >= 0.3 is 5.97 Å². The van der Waals surface area contributed by atoms with E-state index < -0.39 is 5.97 Å². The molecule has 0 radical (unpaired) electrons. The molecule has 0 aliphatic rings. The summed E-state index contributed by atoms with van der Waals surface area (Å²) in [4.78, 5) is 26.3. The van der Waals surface area contributed by atoms with Crippen LogP contribution in [-0.2, 0) is 30.6 Å². The van der Waals surface area contributed by atoms with Gasteiger partial charge in [-0.15, -0.1) is 0 Å². The Kier molecular flexibility index (Phi) is 12.4. The van der Waals surface area contributed by atoms with E-state index in [0.717, 1.165) is 50.9 Å². The molecule has 44 heavy (non-hydrogen) atoms. The van der Waals surface area contributed by atoms with E-state index in [1.54, 1.807) is 12.1 Å². The molecule has 6 nitrogen and oxygen atoms in total. The van der Waals surface area contributed by atoms with Gasteiger partial charge in [0.15, 0.2) is 0 Å². The number of rotatable bonds is 17. The number of hydrogen-bond donors (Lipinski definition) is 2. The molecule has 0 unspecified atom stereocenters. The lowest BCUT2D eigenvalue weighted by molar-refractivity contribution is -0.137. The number of ether oxygens (including phenoxy) is 1. The number of aliphatic carboxylic acids is 1. The van der Waals surface area contributed by atoms with E-state index in [4.69, 9.17) is 9.84 Å². The van der Waals surface area contributed by atoms with Crippen molar-refractivity contribution in [2.75, 3.05) is 23.4 Å². The van der Waals surface area contributed by atoms with E-state index in [9.17, 15) is 9.59 Å². The van der Waals surface area contributed by atoms with Gasteiger partial charge in [-0.1, -0.05) is 87.4 Å². The third-order valence-corrected chi connectivity index (χ3v) is 7.59. The Bertz CT molecular complexity index is 1460. The highest BCUT2D eigenvalue weighted by atomic mass is 16.5. The lowest BCUT2D eigenvalue weighted by atomic mass is 10.0. The third-order valence-electron chi connectivity index (χ3n) is 7.59. The summed E-state index contributed by atoms with van der Waals surface area (Å²) in [6.45, 7) is 6.29. The van der Waals surface area contributed by atoms with Crippen LogP contribution in [0.1, 0.15) is 72.1 Å². The molecule has 4 rings (SSSR count). The zero-order valence-electron chi connectivity index (χ0n) is 25.9. The highest BCUT2D eigenvalue weighted by Crippen LogP contribution is 2.26. The SMILES string of the molecule is CCCc1ccc(CCN(Cc2ccc(CCC)cc2)c2ccc(C(=O)Nc3ccccc3OCCCC(=O)O)cc2)cc1. The maximum absolute atomic E-state index is 13.2. The molecular formula is C38H44N2O4. The average molecular weight is 593 g/mol. The predicted octanol–water partition coefficient (Wildman–Crippen LogP) is 8.34. The summed E-state index contributed by atoms with van der Waals surface area (Å²) in [6.07, 6.45) is 5.82. The van der Waals surface area contributed by atoms with Crippen molar-refractivity contribution in [3.8, 4) is 5.75 Å². The quantitative estimate of drug-likeness (QED) is 0.121. The van der Waals surface area contributed by atoms with Gasteiger partial charge in [-0.05, 0) is 84.3 Å². The van der Waals surface area contributed by atoms with Gasteiger partial charge in [0.25, 0.3) is 5.91 Å². The summed E-state index contributed by atoms with van der Waals surface area (Å²) >= 11 is 0. The van der Waals surface area contributed by atoms with Gasteiger partial charge in [0.2, 0.25) is 0 Å². The van der Waals surface area contributed by atoms with Crippen molar-refractivity contribution in [3.05, 3.63) is 125 Å². The maximum atomic E-state index is 13.2. The number of benzene rings is 4. The fourth-order valence-electron chi connectivity index (χ4n) is 5.16. The number of anilines is 2. The fraction of sp³-hybridized carbons (Fsp3) is 0.316. The van der Waals surface area contributed by atoms with E-state index in [1.165, 1.54) is 22.3 Å². The van der Waals surface area contributed by atoms with Crippen molar-refractivity contribution < 1.29 is 19.4 Å². The Labute approximate surface area is 261 Å². The van der Waals surface area contributed by atoms with Crippen molar-refractivity contribution in [3.63, 3.8) is 0 Å². The summed E-state index contributed by atoms with van der Waals surface area (Å²) in [6, 6.07) is 32.8. The zero-order chi connectivity index (χ0) is 31.1. The molecule has 0 atom stereocenters. The second-order valence-electron chi connectivity index (χ2n) is 11.1. The van der Waals surface area contributed by atoms with Crippen LogP contribution in [0, 0.1) is 0 Å². The number of nitrogens with one attached hydrogen (secondary N) is 1. The molecule has 1 amide bonds. The van der Waals surface area contributed by atoms with Crippen LogP contribution in [0.2, 0.25) is 0 Å². The maximum Gasteiger partial charge on any atom is 0.303 e. The minimum absolute atomic E-state index is 0.0350. The van der Waals surface area contributed by atoms with Gasteiger partial charge in [0.05, 0.1) is 12.3 Å². The summed E-state index contributed by atoms with van der Waals surface area (Å²) in [5.74, 6) is -0.576. The van der Waals surface area contributed by atoms with E-state index in [0.29, 0.717) is 23.4 Å². The largest absolute Gasteiger partial charge is 0.491 e. The molecule has 0 fully saturated rings. The molecule has 0 saturated carbocycles. The molecule has 4 aromatic rings. The first-order chi connectivity index (χ1) is 21.4. The molecule has 0 aliphatic carbocycles. The number of aryl methyl sites for hydroxylation is 2. The van der Waals surface area contributed by atoms with Gasteiger partial charge in [-0.25, -0.2) is 0 Å². The first-order valence-electron chi connectivity index (χ1n) is 15.7. The standard InChI is InChI=1S/C38H44N2O4/c1-3-8-29-13-15-31(16-14-29)25-26-40(28-32-19-17-30(9-4-2)18-20-32)34-23-21-33(22-24-34)38(43)39-35-10-5-6-11-36(35)44-27-7-12-37(41)42/h5-6,10-11,13-24H,3-4,7-9,12,25-28H2,1-2H3,(H,39,43)(H,41,42). The molecule has 230 valence electrons. The van der Waals surface area contributed by atoms with E-state index in [2.05, 4.69) is 72.6 Å².